The number of rotatable bonds is 3. The second-order valence-electron chi connectivity index (χ2n) is 5.98. The van der Waals surface area contributed by atoms with Crippen molar-refractivity contribution in [1.82, 2.24) is 9.80 Å². The molecule has 1 aliphatic rings. The first-order chi connectivity index (χ1) is 8.74. The van der Waals surface area contributed by atoms with Gasteiger partial charge in [0.05, 0.1) is 0 Å². The molecule has 0 spiro atoms. The molecule has 110 valence electrons. The zero-order valence-electron chi connectivity index (χ0n) is 12.7. The van der Waals surface area contributed by atoms with E-state index >= 15 is 0 Å². The Morgan fingerprint density at radius 3 is 2.11 bits per heavy atom. The summed E-state index contributed by atoms with van der Waals surface area (Å²) in [5, 5.41) is 0. The summed E-state index contributed by atoms with van der Waals surface area (Å²) in [6.45, 7) is 12.2. The molecule has 0 aromatic carbocycles. The van der Waals surface area contributed by atoms with Crippen LogP contribution in [0.1, 0.15) is 41.0 Å². The van der Waals surface area contributed by atoms with Gasteiger partial charge in [-0.25, -0.2) is 0 Å². The summed E-state index contributed by atoms with van der Waals surface area (Å²) in [4.78, 5) is 27.5. The summed E-state index contributed by atoms with van der Waals surface area (Å²) in [7, 11) is 0. The zero-order chi connectivity index (χ0) is 14.6. The van der Waals surface area contributed by atoms with Gasteiger partial charge in [-0.1, -0.05) is 6.92 Å². The molecule has 1 fully saturated rings. The number of esters is 1. The van der Waals surface area contributed by atoms with Crippen LogP contribution in [0.5, 0.6) is 0 Å². The third-order valence-corrected chi connectivity index (χ3v) is 3.27. The number of carbonyl (C=O) groups excluding carboxylic acids is 2. The number of ether oxygens (including phenoxy) is 1. The Morgan fingerprint density at radius 1 is 1.16 bits per heavy atom. The van der Waals surface area contributed by atoms with Crippen LogP contribution >= 0.6 is 0 Å². The van der Waals surface area contributed by atoms with Crippen LogP contribution in [0.4, 0.5) is 0 Å². The molecule has 1 amide bonds. The molecule has 0 saturated carbocycles. The van der Waals surface area contributed by atoms with E-state index in [0.717, 1.165) is 13.1 Å². The van der Waals surface area contributed by atoms with Crippen LogP contribution in [-0.2, 0) is 14.3 Å². The highest BCUT2D eigenvalue weighted by atomic mass is 16.6. The lowest BCUT2D eigenvalue weighted by Crippen LogP contribution is -2.53. The van der Waals surface area contributed by atoms with Crippen LogP contribution in [0.15, 0.2) is 0 Å². The summed E-state index contributed by atoms with van der Waals surface area (Å²) in [6, 6.07) is -0.252. The molecule has 0 radical (unpaired) electrons. The predicted octanol–water partition coefficient (Wildman–Crippen LogP) is 1.27. The van der Waals surface area contributed by atoms with Crippen LogP contribution in [0.25, 0.3) is 0 Å². The van der Waals surface area contributed by atoms with Crippen molar-refractivity contribution in [3.63, 3.8) is 0 Å². The Labute approximate surface area is 115 Å². The Hall–Kier alpha value is -1.10. The van der Waals surface area contributed by atoms with Gasteiger partial charge in [-0.05, 0) is 27.7 Å². The van der Waals surface area contributed by atoms with E-state index in [1.54, 1.807) is 0 Å². The number of hydrogen-bond donors (Lipinski definition) is 0. The molecule has 1 aliphatic heterocycles. The molecule has 19 heavy (non-hydrogen) atoms. The van der Waals surface area contributed by atoms with Crippen molar-refractivity contribution in [3.05, 3.63) is 0 Å². The maximum Gasteiger partial charge on any atom is 0.323 e. The molecular formula is C14H26N2O3. The van der Waals surface area contributed by atoms with Gasteiger partial charge in [0.1, 0.15) is 11.6 Å². The van der Waals surface area contributed by atoms with Crippen molar-refractivity contribution >= 4 is 11.9 Å². The van der Waals surface area contributed by atoms with Crippen molar-refractivity contribution in [1.29, 1.82) is 0 Å². The number of amides is 1. The second-order valence-corrected chi connectivity index (χ2v) is 5.98. The van der Waals surface area contributed by atoms with Crippen molar-refractivity contribution in [2.45, 2.75) is 52.7 Å². The monoisotopic (exact) mass is 270 g/mol. The largest absolute Gasteiger partial charge is 0.459 e. The summed E-state index contributed by atoms with van der Waals surface area (Å²) < 4.78 is 5.39. The number of nitrogens with zero attached hydrogens (tertiary/aromatic N) is 2. The van der Waals surface area contributed by atoms with Gasteiger partial charge >= 0.3 is 5.97 Å². The highest BCUT2D eigenvalue weighted by Gasteiger charge is 2.29. The van der Waals surface area contributed by atoms with E-state index in [0.29, 0.717) is 19.5 Å². The Morgan fingerprint density at radius 2 is 1.68 bits per heavy atom. The normalized spacial score (nSPS) is 19.1. The fraction of sp³-hybridized carbons (Fsp3) is 0.857. The SMILES string of the molecule is CCC(=O)N1CCN(C(C)C(=O)OC(C)(C)C)CC1. The van der Waals surface area contributed by atoms with E-state index < -0.39 is 5.60 Å². The van der Waals surface area contributed by atoms with Gasteiger partial charge in [-0.3, -0.25) is 14.5 Å². The third kappa shape index (κ3) is 4.82. The number of hydrogen-bond acceptors (Lipinski definition) is 4. The molecule has 1 unspecified atom stereocenters. The number of carbonyl (C=O) groups is 2. The molecule has 0 bridgehead atoms. The van der Waals surface area contributed by atoms with Crippen LogP contribution < -0.4 is 0 Å². The van der Waals surface area contributed by atoms with Gasteiger partial charge in [-0.15, -0.1) is 0 Å². The van der Waals surface area contributed by atoms with Gasteiger partial charge in [0.25, 0.3) is 0 Å². The van der Waals surface area contributed by atoms with E-state index in [-0.39, 0.29) is 17.9 Å². The van der Waals surface area contributed by atoms with Gasteiger partial charge in [-0.2, -0.15) is 0 Å². The fourth-order valence-electron chi connectivity index (χ4n) is 2.12. The topological polar surface area (TPSA) is 49.9 Å². The van der Waals surface area contributed by atoms with Gasteiger partial charge in [0.2, 0.25) is 5.91 Å². The smallest absolute Gasteiger partial charge is 0.323 e. The molecular weight excluding hydrogens is 244 g/mol. The van der Waals surface area contributed by atoms with E-state index in [1.165, 1.54) is 0 Å². The average Bonchev–Trinajstić information content (AvgIpc) is 2.35. The van der Waals surface area contributed by atoms with Crippen molar-refractivity contribution in [2.24, 2.45) is 0 Å². The van der Waals surface area contributed by atoms with Crippen LogP contribution in [0, 0.1) is 0 Å². The molecule has 5 nitrogen and oxygen atoms in total. The highest BCUT2D eigenvalue weighted by Crippen LogP contribution is 2.13. The zero-order valence-corrected chi connectivity index (χ0v) is 12.7. The maximum absolute atomic E-state index is 12.0. The van der Waals surface area contributed by atoms with Crippen LogP contribution in [0.2, 0.25) is 0 Å². The minimum atomic E-state index is -0.453. The van der Waals surface area contributed by atoms with Gasteiger partial charge in [0, 0.05) is 32.6 Å². The molecule has 0 N–H and O–H groups in total. The maximum atomic E-state index is 12.0. The summed E-state index contributed by atoms with van der Waals surface area (Å²) in [5.41, 5.74) is -0.453. The first-order valence-electron chi connectivity index (χ1n) is 6.99. The summed E-state index contributed by atoms with van der Waals surface area (Å²) in [6.07, 6.45) is 0.543. The molecule has 0 aliphatic carbocycles. The minimum absolute atomic E-state index is 0.185. The van der Waals surface area contributed by atoms with Gasteiger partial charge < -0.3 is 9.64 Å². The van der Waals surface area contributed by atoms with Crippen LogP contribution in [0.3, 0.4) is 0 Å². The Balaban J connectivity index is 2.46. The average molecular weight is 270 g/mol. The van der Waals surface area contributed by atoms with E-state index in [9.17, 15) is 9.59 Å². The first kappa shape index (κ1) is 16.0. The van der Waals surface area contributed by atoms with Crippen LogP contribution in [-0.4, -0.2) is 59.5 Å². The standard InChI is InChI=1S/C14H26N2O3/c1-6-12(17)16-9-7-15(8-10-16)11(2)13(18)19-14(3,4)5/h11H,6-10H2,1-5H3. The van der Waals surface area contributed by atoms with E-state index in [2.05, 4.69) is 4.90 Å². The Kier molecular flexibility index (Phi) is 5.35. The lowest BCUT2D eigenvalue weighted by atomic mass is 10.1. The fourth-order valence-corrected chi connectivity index (χ4v) is 2.12. The van der Waals surface area contributed by atoms with E-state index in [4.69, 9.17) is 4.74 Å². The van der Waals surface area contributed by atoms with Gasteiger partial charge in [0.15, 0.2) is 0 Å². The summed E-state index contributed by atoms with van der Waals surface area (Å²) >= 11 is 0. The summed E-state index contributed by atoms with van der Waals surface area (Å²) in [5.74, 6) is -0.00709. The lowest BCUT2D eigenvalue weighted by Gasteiger charge is -2.37. The molecule has 0 aromatic heterocycles. The molecule has 1 rings (SSSR count). The van der Waals surface area contributed by atoms with Crippen molar-refractivity contribution < 1.29 is 14.3 Å². The van der Waals surface area contributed by atoms with Crippen molar-refractivity contribution in [3.8, 4) is 0 Å². The first-order valence-corrected chi connectivity index (χ1v) is 6.99. The molecule has 0 aromatic rings. The minimum Gasteiger partial charge on any atom is -0.459 e. The second kappa shape index (κ2) is 6.37. The van der Waals surface area contributed by atoms with Crippen molar-refractivity contribution in [2.75, 3.05) is 26.2 Å². The highest BCUT2D eigenvalue weighted by molar-refractivity contribution is 5.77. The third-order valence-electron chi connectivity index (χ3n) is 3.27. The molecule has 1 saturated heterocycles. The molecule has 1 atom stereocenters. The predicted molar refractivity (Wildman–Crippen MR) is 73.8 cm³/mol. The van der Waals surface area contributed by atoms with E-state index in [1.807, 2.05) is 39.5 Å². The Bertz CT molecular complexity index is 328. The number of piperazine rings is 1. The quantitative estimate of drug-likeness (QED) is 0.725. The molecule has 1 heterocycles. The lowest BCUT2D eigenvalue weighted by molar-refractivity contribution is -0.161. The molecule has 5 heteroatoms.